The highest BCUT2D eigenvalue weighted by molar-refractivity contribution is 6.35. The van der Waals surface area contributed by atoms with Gasteiger partial charge in [-0.1, -0.05) is 60.1 Å². The monoisotopic (exact) mass is 370 g/mol. The highest BCUT2D eigenvalue weighted by Crippen LogP contribution is 2.37. The molecule has 27 heavy (non-hydrogen) atoms. The maximum absolute atomic E-state index is 12.6. The third-order valence-electron chi connectivity index (χ3n) is 4.88. The molecule has 0 fully saturated rings. The molecule has 1 aliphatic heterocycles. The summed E-state index contributed by atoms with van der Waals surface area (Å²) >= 11 is 6.06. The number of hydrogen-bond donors (Lipinski definition) is 2. The van der Waals surface area contributed by atoms with E-state index in [0.717, 1.165) is 39.0 Å². The van der Waals surface area contributed by atoms with Gasteiger partial charge in [0.05, 0.1) is 5.69 Å². The molecule has 0 saturated heterocycles. The minimum absolute atomic E-state index is 0.0801. The van der Waals surface area contributed by atoms with Gasteiger partial charge in [-0.25, -0.2) is 0 Å². The third kappa shape index (κ3) is 2.64. The van der Waals surface area contributed by atoms with Crippen molar-refractivity contribution in [3.05, 3.63) is 88.9 Å². The molecule has 0 spiro atoms. The molecule has 5 rings (SSSR count). The van der Waals surface area contributed by atoms with Crippen LogP contribution in [-0.4, -0.2) is 10.9 Å². The first-order chi connectivity index (χ1) is 13.2. The number of aromatic nitrogens is 1. The van der Waals surface area contributed by atoms with Gasteiger partial charge in [-0.3, -0.25) is 4.79 Å². The molecule has 0 bridgehead atoms. The van der Waals surface area contributed by atoms with Gasteiger partial charge in [0.25, 0.3) is 5.91 Å². The van der Waals surface area contributed by atoms with Gasteiger partial charge >= 0.3 is 0 Å². The number of carbonyl (C=O) groups excluding carboxylic acids is 1. The maximum Gasteiger partial charge on any atom is 0.256 e. The lowest BCUT2D eigenvalue weighted by atomic mass is 10.00. The summed E-state index contributed by atoms with van der Waals surface area (Å²) in [5.74, 6) is -0.0801. The van der Waals surface area contributed by atoms with Crippen LogP contribution in [0.15, 0.2) is 72.8 Å². The number of para-hydroxylation sites is 2. The van der Waals surface area contributed by atoms with Crippen molar-refractivity contribution < 1.29 is 4.79 Å². The van der Waals surface area contributed by atoms with E-state index in [2.05, 4.69) is 16.4 Å². The highest BCUT2D eigenvalue weighted by atomic mass is 35.5. The van der Waals surface area contributed by atoms with E-state index in [1.807, 2.05) is 72.8 Å². The van der Waals surface area contributed by atoms with E-state index < -0.39 is 0 Å². The number of hydrogen-bond acceptors (Lipinski definition) is 1. The molecule has 4 heteroatoms. The number of nitrogens with one attached hydrogen (secondary N) is 2. The average Bonchev–Trinajstić information content (AvgIpc) is 3.21. The zero-order valence-electron chi connectivity index (χ0n) is 14.3. The molecule has 0 saturated carbocycles. The Balaban J connectivity index is 1.77. The largest absolute Gasteiger partial charge is 0.354 e. The minimum atomic E-state index is -0.0801. The Kier molecular flexibility index (Phi) is 3.62. The van der Waals surface area contributed by atoms with Crippen molar-refractivity contribution in [1.29, 1.82) is 0 Å². The SMILES string of the molecule is O=C1Nc2ccccc2/C1=C/c1c(-c2ccc(Cl)cc2)[nH]c2ccccc12. The van der Waals surface area contributed by atoms with E-state index >= 15 is 0 Å². The number of anilines is 1. The van der Waals surface area contributed by atoms with Gasteiger partial charge in [0.2, 0.25) is 0 Å². The van der Waals surface area contributed by atoms with E-state index in [1.54, 1.807) is 0 Å². The highest BCUT2D eigenvalue weighted by Gasteiger charge is 2.24. The van der Waals surface area contributed by atoms with Crippen LogP contribution in [0.3, 0.4) is 0 Å². The molecule has 1 aliphatic rings. The third-order valence-corrected chi connectivity index (χ3v) is 5.13. The number of benzene rings is 3. The van der Waals surface area contributed by atoms with Crippen LogP contribution in [-0.2, 0) is 4.79 Å². The van der Waals surface area contributed by atoms with Crippen LogP contribution in [0.1, 0.15) is 11.1 Å². The Labute approximate surface area is 161 Å². The van der Waals surface area contributed by atoms with Crippen LogP contribution >= 0.6 is 11.6 Å². The zero-order chi connectivity index (χ0) is 18.4. The molecule has 3 aromatic carbocycles. The molecule has 130 valence electrons. The van der Waals surface area contributed by atoms with Crippen molar-refractivity contribution in [2.24, 2.45) is 0 Å². The summed E-state index contributed by atoms with van der Waals surface area (Å²) in [6.07, 6.45) is 1.98. The number of aromatic amines is 1. The zero-order valence-corrected chi connectivity index (χ0v) is 15.0. The van der Waals surface area contributed by atoms with Crippen LogP contribution in [0.5, 0.6) is 0 Å². The standard InChI is InChI=1S/C23H15ClN2O/c24-15-11-9-14(10-12-15)22-18(16-5-1-3-7-20(16)25-22)13-19-17-6-2-4-8-21(17)26-23(19)27/h1-13,25H,(H,26,27)/b19-13-. The molecule has 2 N–H and O–H groups in total. The lowest BCUT2D eigenvalue weighted by Crippen LogP contribution is -2.03. The predicted molar refractivity (Wildman–Crippen MR) is 112 cm³/mol. The van der Waals surface area contributed by atoms with E-state index in [4.69, 9.17) is 11.6 Å². The fourth-order valence-corrected chi connectivity index (χ4v) is 3.71. The van der Waals surface area contributed by atoms with Crippen LogP contribution in [0.25, 0.3) is 33.8 Å². The lowest BCUT2D eigenvalue weighted by molar-refractivity contribution is -0.110. The van der Waals surface area contributed by atoms with E-state index in [1.165, 1.54) is 0 Å². The lowest BCUT2D eigenvalue weighted by Gasteiger charge is -2.03. The van der Waals surface area contributed by atoms with E-state index in [0.29, 0.717) is 10.6 Å². The molecule has 1 aromatic heterocycles. The number of fused-ring (bicyclic) bond motifs is 2. The number of amides is 1. The first-order valence-electron chi connectivity index (χ1n) is 8.70. The van der Waals surface area contributed by atoms with Crippen LogP contribution in [0.4, 0.5) is 5.69 Å². The summed E-state index contributed by atoms with van der Waals surface area (Å²) in [4.78, 5) is 16.1. The van der Waals surface area contributed by atoms with Gasteiger partial charge in [0.15, 0.2) is 0 Å². The second-order valence-electron chi connectivity index (χ2n) is 6.52. The fraction of sp³-hybridized carbons (Fsp3) is 0. The minimum Gasteiger partial charge on any atom is -0.354 e. The Morgan fingerprint density at radius 3 is 2.44 bits per heavy atom. The molecule has 4 aromatic rings. The smallest absolute Gasteiger partial charge is 0.256 e. The van der Waals surface area contributed by atoms with Crippen molar-refractivity contribution in [2.75, 3.05) is 5.32 Å². The van der Waals surface area contributed by atoms with Gasteiger partial charge in [-0.2, -0.15) is 0 Å². The molecule has 0 atom stereocenters. The first-order valence-corrected chi connectivity index (χ1v) is 9.07. The normalized spacial score (nSPS) is 14.6. The quantitative estimate of drug-likeness (QED) is 0.419. The van der Waals surface area contributed by atoms with Crippen molar-refractivity contribution in [1.82, 2.24) is 4.98 Å². The van der Waals surface area contributed by atoms with Crippen molar-refractivity contribution in [3.63, 3.8) is 0 Å². The van der Waals surface area contributed by atoms with Crippen molar-refractivity contribution >= 4 is 45.7 Å². The van der Waals surface area contributed by atoms with E-state index in [-0.39, 0.29) is 5.91 Å². The van der Waals surface area contributed by atoms with Crippen LogP contribution in [0.2, 0.25) is 5.02 Å². The molecular weight excluding hydrogens is 356 g/mol. The Morgan fingerprint density at radius 1 is 0.852 bits per heavy atom. The Hall–Kier alpha value is -3.30. The molecule has 0 aliphatic carbocycles. The second kappa shape index (κ2) is 6.15. The van der Waals surface area contributed by atoms with Crippen molar-refractivity contribution in [3.8, 4) is 11.3 Å². The molecule has 0 radical (unpaired) electrons. The Bertz CT molecular complexity index is 1220. The van der Waals surface area contributed by atoms with Crippen molar-refractivity contribution in [2.45, 2.75) is 0 Å². The van der Waals surface area contributed by atoms with Gasteiger partial charge in [-0.05, 0) is 35.9 Å². The molecule has 1 amide bonds. The Morgan fingerprint density at radius 2 is 1.59 bits per heavy atom. The summed E-state index contributed by atoms with van der Waals surface area (Å²) < 4.78 is 0. The first kappa shape index (κ1) is 15.9. The van der Waals surface area contributed by atoms with Gasteiger partial charge < -0.3 is 10.3 Å². The predicted octanol–water partition coefficient (Wildman–Crippen LogP) is 5.98. The molecular formula is C23H15ClN2O. The summed E-state index contributed by atoms with van der Waals surface area (Å²) in [6, 6.07) is 23.6. The topological polar surface area (TPSA) is 44.9 Å². The van der Waals surface area contributed by atoms with Crippen LogP contribution in [0, 0.1) is 0 Å². The van der Waals surface area contributed by atoms with Gasteiger partial charge in [0, 0.05) is 38.3 Å². The number of H-pyrrole nitrogens is 1. The number of halogens is 1. The number of carbonyl (C=O) groups is 1. The molecule has 3 nitrogen and oxygen atoms in total. The summed E-state index contributed by atoms with van der Waals surface area (Å²) in [5.41, 5.74) is 6.46. The summed E-state index contributed by atoms with van der Waals surface area (Å²) in [6.45, 7) is 0. The molecule has 0 unspecified atom stereocenters. The second-order valence-corrected chi connectivity index (χ2v) is 6.96. The molecule has 2 heterocycles. The fourth-order valence-electron chi connectivity index (χ4n) is 3.58. The summed E-state index contributed by atoms with van der Waals surface area (Å²) in [5, 5.41) is 4.71. The van der Waals surface area contributed by atoms with Crippen LogP contribution < -0.4 is 5.32 Å². The van der Waals surface area contributed by atoms with E-state index in [9.17, 15) is 4.79 Å². The maximum atomic E-state index is 12.6. The van der Waals surface area contributed by atoms with Gasteiger partial charge in [0.1, 0.15) is 0 Å². The summed E-state index contributed by atoms with van der Waals surface area (Å²) in [7, 11) is 0. The average molecular weight is 371 g/mol. The number of rotatable bonds is 2. The van der Waals surface area contributed by atoms with Gasteiger partial charge in [-0.15, -0.1) is 0 Å².